The third kappa shape index (κ3) is 3.65. The molecule has 2 aliphatic rings. The number of amides is 1. The Morgan fingerprint density at radius 1 is 1.32 bits per heavy atom. The van der Waals surface area contributed by atoms with Gasteiger partial charge in [0, 0.05) is 13.0 Å². The minimum absolute atomic E-state index is 0.00991. The standard InChI is InChI=1S/C17H22FNO3/c1-17(21-10-11-22-17)8-9-19-16(20)15(12-2-3-12)13-4-6-14(18)7-5-13/h4-7,12,15H,2-3,8-11H2,1H3,(H,19,20). The van der Waals surface area contributed by atoms with Crippen LogP contribution in [0.1, 0.15) is 37.7 Å². The molecule has 4 nitrogen and oxygen atoms in total. The van der Waals surface area contributed by atoms with Gasteiger partial charge in [-0.25, -0.2) is 4.39 Å². The number of hydrogen-bond donors (Lipinski definition) is 1. The number of benzene rings is 1. The number of carbonyl (C=O) groups excluding carboxylic acids is 1. The van der Waals surface area contributed by atoms with Gasteiger partial charge in [-0.05, 0) is 43.4 Å². The summed E-state index contributed by atoms with van der Waals surface area (Å²) in [5.74, 6) is -0.658. The van der Waals surface area contributed by atoms with E-state index in [1.54, 1.807) is 12.1 Å². The second-order valence-electron chi connectivity index (χ2n) is 6.24. The highest BCUT2D eigenvalue weighted by Crippen LogP contribution is 2.42. The van der Waals surface area contributed by atoms with Crippen molar-refractivity contribution < 1.29 is 18.7 Å². The van der Waals surface area contributed by atoms with Crippen LogP contribution in [0.2, 0.25) is 0 Å². The van der Waals surface area contributed by atoms with Crippen molar-refractivity contribution in [1.82, 2.24) is 5.32 Å². The van der Waals surface area contributed by atoms with E-state index in [9.17, 15) is 9.18 Å². The molecule has 1 amide bonds. The van der Waals surface area contributed by atoms with Gasteiger partial charge in [0.2, 0.25) is 5.91 Å². The first-order valence-electron chi connectivity index (χ1n) is 7.88. The van der Waals surface area contributed by atoms with Crippen molar-refractivity contribution >= 4 is 5.91 Å². The zero-order valence-electron chi connectivity index (χ0n) is 12.8. The molecule has 1 saturated heterocycles. The van der Waals surface area contributed by atoms with E-state index in [4.69, 9.17) is 9.47 Å². The Labute approximate surface area is 130 Å². The number of ether oxygens (including phenoxy) is 2. The van der Waals surface area contributed by atoms with Crippen LogP contribution in [0.25, 0.3) is 0 Å². The van der Waals surface area contributed by atoms with Crippen molar-refractivity contribution in [3.8, 4) is 0 Å². The van der Waals surface area contributed by atoms with E-state index >= 15 is 0 Å². The average molecular weight is 307 g/mol. The highest BCUT2D eigenvalue weighted by Gasteiger charge is 2.37. The van der Waals surface area contributed by atoms with Gasteiger partial charge in [0.1, 0.15) is 5.82 Å². The summed E-state index contributed by atoms with van der Waals surface area (Å²) in [6.45, 7) is 3.61. The van der Waals surface area contributed by atoms with Gasteiger partial charge < -0.3 is 14.8 Å². The van der Waals surface area contributed by atoms with Gasteiger partial charge in [-0.3, -0.25) is 4.79 Å². The molecule has 5 heteroatoms. The second kappa shape index (κ2) is 6.34. The molecule has 22 heavy (non-hydrogen) atoms. The maximum Gasteiger partial charge on any atom is 0.227 e. The molecule has 1 unspecified atom stereocenters. The minimum Gasteiger partial charge on any atom is -0.355 e. The molecular formula is C17H22FNO3. The lowest BCUT2D eigenvalue weighted by Crippen LogP contribution is -2.36. The summed E-state index contributed by atoms with van der Waals surface area (Å²) < 4.78 is 24.1. The van der Waals surface area contributed by atoms with Gasteiger partial charge in [-0.2, -0.15) is 0 Å². The normalized spacial score (nSPS) is 21.5. The van der Waals surface area contributed by atoms with E-state index in [0.717, 1.165) is 18.4 Å². The van der Waals surface area contributed by atoms with Crippen LogP contribution in [0.15, 0.2) is 24.3 Å². The molecule has 1 heterocycles. The summed E-state index contributed by atoms with van der Waals surface area (Å²) in [6, 6.07) is 6.25. The zero-order chi connectivity index (χ0) is 15.6. The molecule has 0 radical (unpaired) electrons. The van der Waals surface area contributed by atoms with Crippen molar-refractivity contribution in [1.29, 1.82) is 0 Å². The van der Waals surface area contributed by atoms with Crippen molar-refractivity contribution in [2.24, 2.45) is 5.92 Å². The summed E-state index contributed by atoms with van der Waals surface area (Å²) >= 11 is 0. The van der Waals surface area contributed by atoms with Gasteiger partial charge >= 0.3 is 0 Å². The maximum atomic E-state index is 13.1. The lowest BCUT2D eigenvalue weighted by Gasteiger charge is -2.23. The lowest BCUT2D eigenvalue weighted by atomic mass is 9.93. The number of rotatable bonds is 6. The van der Waals surface area contributed by atoms with Crippen LogP contribution < -0.4 is 5.32 Å². The minimum atomic E-state index is -0.585. The first-order chi connectivity index (χ1) is 10.6. The molecule has 1 N–H and O–H groups in total. The zero-order valence-corrected chi connectivity index (χ0v) is 12.8. The second-order valence-corrected chi connectivity index (χ2v) is 6.24. The highest BCUT2D eigenvalue weighted by molar-refractivity contribution is 5.84. The Bertz CT molecular complexity index is 521. The largest absolute Gasteiger partial charge is 0.355 e. The van der Waals surface area contributed by atoms with Crippen LogP contribution in [-0.4, -0.2) is 31.5 Å². The fourth-order valence-electron chi connectivity index (χ4n) is 2.96. The predicted octanol–water partition coefficient (Wildman–Crippen LogP) is 2.59. The molecule has 1 atom stereocenters. The summed E-state index contributed by atoms with van der Waals surface area (Å²) in [5.41, 5.74) is 0.890. The van der Waals surface area contributed by atoms with Crippen molar-refractivity contribution in [2.75, 3.05) is 19.8 Å². The van der Waals surface area contributed by atoms with Crippen molar-refractivity contribution in [2.45, 2.75) is 37.9 Å². The van der Waals surface area contributed by atoms with Gasteiger partial charge in [-0.15, -0.1) is 0 Å². The smallest absolute Gasteiger partial charge is 0.227 e. The summed E-state index contributed by atoms with van der Waals surface area (Å²) in [5, 5.41) is 2.98. The Morgan fingerprint density at radius 3 is 2.55 bits per heavy atom. The average Bonchev–Trinajstić information content (AvgIpc) is 3.23. The molecule has 1 aliphatic heterocycles. The van der Waals surface area contributed by atoms with Crippen LogP contribution in [0, 0.1) is 11.7 Å². The summed E-state index contributed by atoms with van der Waals surface area (Å²) in [6.07, 6.45) is 2.73. The third-order valence-corrected chi connectivity index (χ3v) is 4.38. The van der Waals surface area contributed by atoms with E-state index < -0.39 is 5.79 Å². The van der Waals surface area contributed by atoms with E-state index in [-0.39, 0.29) is 17.6 Å². The van der Waals surface area contributed by atoms with Crippen LogP contribution >= 0.6 is 0 Å². The highest BCUT2D eigenvalue weighted by atomic mass is 19.1. The van der Waals surface area contributed by atoms with Crippen molar-refractivity contribution in [3.05, 3.63) is 35.6 Å². The van der Waals surface area contributed by atoms with Crippen LogP contribution in [0.3, 0.4) is 0 Å². The molecule has 120 valence electrons. The first kappa shape index (κ1) is 15.4. The molecule has 0 spiro atoms. The maximum absolute atomic E-state index is 13.1. The quantitative estimate of drug-likeness (QED) is 0.879. The monoisotopic (exact) mass is 307 g/mol. The predicted molar refractivity (Wildman–Crippen MR) is 79.8 cm³/mol. The molecule has 2 fully saturated rings. The number of halogens is 1. The fourth-order valence-corrected chi connectivity index (χ4v) is 2.96. The summed E-state index contributed by atoms with van der Waals surface area (Å²) in [4.78, 5) is 12.5. The summed E-state index contributed by atoms with van der Waals surface area (Å²) in [7, 11) is 0. The van der Waals surface area contributed by atoms with Crippen LogP contribution in [-0.2, 0) is 14.3 Å². The van der Waals surface area contributed by atoms with E-state index in [0.29, 0.717) is 32.1 Å². The molecule has 1 aliphatic carbocycles. The lowest BCUT2D eigenvalue weighted by molar-refractivity contribution is -0.146. The molecule has 1 aromatic carbocycles. The van der Waals surface area contributed by atoms with Crippen molar-refractivity contribution in [3.63, 3.8) is 0 Å². The SMILES string of the molecule is CC1(CCNC(=O)C(c2ccc(F)cc2)C2CC2)OCCO1. The fraction of sp³-hybridized carbons (Fsp3) is 0.588. The van der Waals surface area contributed by atoms with E-state index in [1.807, 2.05) is 6.92 Å². The number of nitrogens with one attached hydrogen (secondary N) is 1. The van der Waals surface area contributed by atoms with Gasteiger partial charge in [0.25, 0.3) is 0 Å². The molecule has 0 aromatic heterocycles. The Kier molecular flexibility index (Phi) is 4.45. The number of carbonyl (C=O) groups is 1. The van der Waals surface area contributed by atoms with Crippen LogP contribution in [0.4, 0.5) is 4.39 Å². The first-order valence-corrected chi connectivity index (χ1v) is 7.88. The third-order valence-electron chi connectivity index (χ3n) is 4.38. The Balaban J connectivity index is 1.57. The van der Waals surface area contributed by atoms with E-state index in [1.165, 1.54) is 12.1 Å². The molecule has 0 bridgehead atoms. The number of hydrogen-bond acceptors (Lipinski definition) is 3. The van der Waals surface area contributed by atoms with Gasteiger partial charge in [0.15, 0.2) is 5.79 Å². The Morgan fingerprint density at radius 2 is 1.95 bits per heavy atom. The van der Waals surface area contributed by atoms with Gasteiger partial charge in [0.05, 0.1) is 19.1 Å². The molecule has 1 saturated carbocycles. The molecule has 3 rings (SSSR count). The van der Waals surface area contributed by atoms with E-state index in [2.05, 4.69) is 5.32 Å². The van der Waals surface area contributed by atoms with Gasteiger partial charge in [-0.1, -0.05) is 12.1 Å². The molecular weight excluding hydrogens is 285 g/mol. The molecule has 1 aromatic rings. The topological polar surface area (TPSA) is 47.6 Å². The van der Waals surface area contributed by atoms with Crippen LogP contribution in [0.5, 0.6) is 0 Å². The Hall–Kier alpha value is -1.46.